The van der Waals surface area contributed by atoms with Crippen molar-refractivity contribution in [3.05, 3.63) is 53.9 Å². The Hall–Kier alpha value is -3.40. The highest BCUT2D eigenvalue weighted by molar-refractivity contribution is 7.92. The number of hydrogen-bond donors (Lipinski definition) is 1. The molecule has 0 atom stereocenters. The average molecular weight is 455 g/mol. The van der Waals surface area contributed by atoms with E-state index in [9.17, 15) is 18.0 Å². The lowest BCUT2D eigenvalue weighted by molar-refractivity contribution is -0.436. The van der Waals surface area contributed by atoms with Crippen LogP contribution in [0.1, 0.15) is 35.7 Å². The summed E-state index contributed by atoms with van der Waals surface area (Å²) >= 11 is 0. The average Bonchev–Trinajstić information content (AvgIpc) is 3.27. The first kappa shape index (κ1) is 21.8. The molecule has 2 aromatic heterocycles. The van der Waals surface area contributed by atoms with Gasteiger partial charge in [-0.05, 0) is 31.0 Å². The summed E-state index contributed by atoms with van der Waals surface area (Å²) in [6.07, 6.45) is 3.92. The van der Waals surface area contributed by atoms with Crippen molar-refractivity contribution in [3.8, 4) is 0 Å². The smallest absolute Gasteiger partial charge is 0.343 e. The predicted molar refractivity (Wildman–Crippen MR) is 118 cm³/mol. The van der Waals surface area contributed by atoms with Gasteiger partial charge >= 0.3 is 5.91 Å². The van der Waals surface area contributed by atoms with Crippen LogP contribution in [0.3, 0.4) is 0 Å². The number of aromatic nitrogens is 3. The Morgan fingerprint density at radius 2 is 1.88 bits per heavy atom. The van der Waals surface area contributed by atoms with Gasteiger partial charge in [-0.15, -0.1) is 0 Å². The molecule has 32 heavy (non-hydrogen) atoms. The number of nitrogens with one attached hydrogen (secondary N) is 1. The number of fused-ring (bicyclic) bond motifs is 1. The molecule has 1 N–H and O–H groups in total. The topological polar surface area (TPSA) is 116 Å². The molecular formula is C22H24N5O4S+. The maximum absolute atomic E-state index is 13.0. The molecule has 3 aromatic rings. The molecule has 1 aromatic carbocycles. The van der Waals surface area contributed by atoms with E-state index < -0.39 is 15.1 Å². The molecule has 0 unspecified atom stereocenters. The first-order valence-corrected chi connectivity index (χ1v) is 11.8. The molecule has 9 nitrogen and oxygen atoms in total. The van der Waals surface area contributed by atoms with E-state index in [1.54, 1.807) is 41.4 Å². The van der Waals surface area contributed by atoms with Crippen molar-refractivity contribution in [2.24, 2.45) is 0 Å². The molecular weight excluding hydrogens is 430 g/mol. The van der Waals surface area contributed by atoms with Crippen LogP contribution in [0.25, 0.3) is 11.0 Å². The molecule has 0 radical (unpaired) electrons. The summed E-state index contributed by atoms with van der Waals surface area (Å²) in [5, 5.41) is 6.86. The van der Waals surface area contributed by atoms with Gasteiger partial charge in [0.05, 0.1) is 16.3 Å². The lowest BCUT2D eigenvalue weighted by Crippen LogP contribution is -2.41. The van der Waals surface area contributed by atoms with Gasteiger partial charge in [-0.1, -0.05) is 12.1 Å². The largest absolute Gasteiger partial charge is 0.420 e. The molecule has 1 fully saturated rings. The number of H-pyrrole nitrogens is 1. The molecule has 0 spiro atoms. The zero-order valence-corrected chi connectivity index (χ0v) is 18.5. The number of benzene rings is 1. The Morgan fingerprint density at radius 1 is 1.19 bits per heavy atom. The number of aromatic amines is 1. The maximum atomic E-state index is 13.0. The van der Waals surface area contributed by atoms with Crippen LogP contribution >= 0.6 is 0 Å². The van der Waals surface area contributed by atoms with Crippen LogP contribution in [0.4, 0.5) is 0 Å². The van der Waals surface area contributed by atoms with E-state index in [1.807, 2.05) is 0 Å². The van der Waals surface area contributed by atoms with Gasteiger partial charge in [-0.2, -0.15) is 9.67 Å². The van der Waals surface area contributed by atoms with Gasteiger partial charge in [0, 0.05) is 37.2 Å². The summed E-state index contributed by atoms with van der Waals surface area (Å²) in [6, 6.07) is 8.22. The summed E-state index contributed by atoms with van der Waals surface area (Å²) < 4.78 is 27.3. The fourth-order valence-corrected chi connectivity index (χ4v) is 5.62. The minimum atomic E-state index is -3.48. The van der Waals surface area contributed by atoms with Gasteiger partial charge < -0.3 is 4.90 Å². The van der Waals surface area contributed by atoms with Crippen molar-refractivity contribution < 1.29 is 22.6 Å². The minimum Gasteiger partial charge on any atom is -0.343 e. The molecule has 166 valence electrons. The van der Waals surface area contributed by atoms with Gasteiger partial charge in [0.2, 0.25) is 5.91 Å². The molecule has 3 heterocycles. The number of amides is 2. The number of rotatable bonds is 5. The number of piperidine rings is 1. The lowest BCUT2D eigenvalue weighted by Gasteiger charge is -2.31. The zero-order chi connectivity index (χ0) is 22.9. The Balaban J connectivity index is 1.42. The zero-order valence-electron chi connectivity index (χ0n) is 17.7. The van der Waals surface area contributed by atoms with Gasteiger partial charge in [-0.3, -0.25) is 9.89 Å². The van der Waals surface area contributed by atoms with Crippen LogP contribution in [0.2, 0.25) is 0 Å². The molecule has 10 heteroatoms. The summed E-state index contributed by atoms with van der Waals surface area (Å²) in [7, 11) is -3.48. The number of hydrogen-bond acceptors (Lipinski definition) is 6. The van der Waals surface area contributed by atoms with E-state index in [4.69, 9.17) is 0 Å². The monoisotopic (exact) mass is 454 g/mol. The van der Waals surface area contributed by atoms with Gasteiger partial charge in [-0.25, -0.2) is 18.2 Å². The van der Waals surface area contributed by atoms with Crippen molar-refractivity contribution in [3.63, 3.8) is 0 Å². The molecule has 1 aliphatic heterocycles. The van der Waals surface area contributed by atoms with E-state index in [1.165, 1.54) is 17.7 Å². The third-order valence-electron chi connectivity index (χ3n) is 5.78. The van der Waals surface area contributed by atoms with Crippen LogP contribution in [0.15, 0.2) is 47.6 Å². The summed E-state index contributed by atoms with van der Waals surface area (Å²) in [6.45, 7) is 6.45. The maximum Gasteiger partial charge on any atom is 0.420 e. The number of nitrogens with zero attached hydrogens (tertiary/aromatic N) is 4. The Morgan fingerprint density at radius 3 is 2.53 bits per heavy atom. The van der Waals surface area contributed by atoms with E-state index >= 15 is 0 Å². The van der Waals surface area contributed by atoms with E-state index in [-0.39, 0.29) is 23.3 Å². The first-order valence-electron chi connectivity index (χ1n) is 10.3. The second kappa shape index (κ2) is 8.62. The van der Waals surface area contributed by atoms with Crippen molar-refractivity contribution in [2.45, 2.75) is 36.5 Å². The van der Waals surface area contributed by atoms with Crippen LogP contribution in [-0.4, -0.2) is 69.9 Å². The molecule has 1 saturated heterocycles. The molecule has 0 saturated carbocycles. The molecule has 1 aliphatic rings. The van der Waals surface area contributed by atoms with Gasteiger partial charge in [0.15, 0.2) is 22.0 Å². The Bertz CT molecular complexity index is 1290. The number of likely N-dealkylation sites (tertiary alicyclic amines) is 1. The summed E-state index contributed by atoms with van der Waals surface area (Å²) in [5.74, 6) is -0.326. The summed E-state index contributed by atoms with van der Waals surface area (Å²) in [5.41, 5.74) is 1.75. The highest BCUT2D eigenvalue weighted by atomic mass is 32.2. The highest BCUT2D eigenvalue weighted by Gasteiger charge is 2.32. The predicted octanol–water partition coefficient (Wildman–Crippen LogP) is 1.80. The number of pyridine rings is 1. The van der Waals surface area contributed by atoms with Gasteiger partial charge in [0.1, 0.15) is 12.3 Å². The van der Waals surface area contributed by atoms with Crippen molar-refractivity contribution in [1.29, 1.82) is 0 Å². The van der Waals surface area contributed by atoms with Gasteiger partial charge in [0.25, 0.3) is 0 Å². The van der Waals surface area contributed by atoms with Crippen LogP contribution in [0, 0.1) is 0 Å². The van der Waals surface area contributed by atoms with Crippen molar-refractivity contribution in [2.75, 3.05) is 13.1 Å². The SMILES string of the molecule is C=[N+](Cc1ccc(S(=O)(=O)C2CCN(C(C)=O)CC2)cc1)C(=O)c1cnc2[nH]ncc2c1. The number of sulfone groups is 1. The van der Waals surface area contributed by atoms with E-state index in [0.29, 0.717) is 37.1 Å². The van der Waals surface area contributed by atoms with Crippen molar-refractivity contribution >= 4 is 39.4 Å². The van der Waals surface area contributed by atoms with Crippen molar-refractivity contribution in [1.82, 2.24) is 20.1 Å². The second-order valence-corrected chi connectivity index (χ2v) is 10.2. The Kier molecular flexibility index (Phi) is 5.88. The third-order valence-corrected chi connectivity index (χ3v) is 8.06. The van der Waals surface area contributed by atoms with Crippen LogP contribution < -0.4 is 0 Å². The quantitative estimate of drug-likeness (QED) is 0.464. The second-order valence-electron chi connectivity index (χ2n) is 7.93. The van der Waals surface area contributed by atoms with Crippen LogP contribution in [-0.2, 0) is 21.2 Å². The third kappa shape index (κ3) is 4.31. The molecule has 4 rings (SSSR count). The first-order chi connectivity index (χ1) is 15.3. The van der Waals surface area contributed by atoms with E-state index in [0.717, 1.165) is 10.9 Å². The van der Waals surface area contributed by atoms with E-state index in [2.05, 4.69) is 21.9 Å². The lowest BCUT2D eigenvalue weighted by atomic mass is 10.1. The fourth-order valence-electron chi connectivity index (χ4n) is 3.89. The normalized spacial score (nSPS) is 15.1. The highest BCUT2D eigenvalue weighted by Crippen LogP contribution is 2.25. The summed E-state index contributed by atoms with van der Waals surface area (Å²) in [4.78, 5) is 30.3. The standard InChI is InChI=1S/C22H23N5O4S/c1-15(28)27-9-7-20(8-10-27)32(30,31)19-5-3-16(4-6-19)14-26(2)22(29)18-11-17-13-24-25-21(17)23-12-18/h3-6,11-13,20H,2,7-10,14H2,1H3/p+1. The Labute approximate surface area is 185 Å². The number of carbonyl (C=O) groups excluding carboxylic acids is 2. The fraction of sp³-hybridized carbons (Fsp3) is 0.318. The van der Waals surface area contributed by atoms with Crippen LogP contribution in [0.5, 0.6) is 0 Å². The molecule has 0 aliphatic carbocycles. The molecule has 2 amide bonds. The minimum absolute atomic E-state index is 0.0297. The number of carbonyl (C=O) groups is 2. The molecule has 0 bridgehead atoms.